The second-order valence-electron chi connectivity index (χ2n) is 5.97. The Morgan fingerprint density at radius 3 is 2.95 bits per heavy atom. The second kappa shape index (κ2) is 5.91. The maximum absolute atomic E-state index is 12.6. The summed E-state index contributed by atoms with van der Waals surface area (Å²) in [6.07, 6.45) is 8.60. The third kappa shape index (κ3) is 2.63. The molecule has 2 aromatic rings. The molecule has 3 rings (SSSR count). The van der Waals surface area contributed by atoms with Gasteiger partial charge in [-0.05, 0) is 45.6 Å². The fraction of sp³-hybridized carbons (Fsp3) is 0.471. The van der Waals surface area contributed by atoms with Crippen LogP contribution < -0.4 is 5.32 Å². The minimum Gasteiger partial charge on any atom is -0.346 e. The summed E-state index contributed by atoms with van der Waals surface area (Å²) in [5, 5.41) is 3.10. The van der Waals surface area contributed by atoms with E-state index in [0.717, 1.165) is 24.3 Å². The summed E-state index contributed by atoms with van der Waals surface area (Å²) >= 11 is 0. The average molecular weight is 298 g/mol. The van der Waals surface area contributed by atoms with Crippen LogP contribution in [-0.2, 0) is 7.05 Å². The molecule has 0 bridgehead atoms. The number of carbonyl (C=O) groups excluding carboxylic acids is 1. The van der Waals surface area contributed by atoms with E-state index in [2.05, 4.69) is 28.3 Å². The van der Waals surface area contributed by atoms with E-state index >= 15 is 0 Å². The van der Waals surface area contributed by atoms with Gasteiger partial charge >= 0.3 is 0 Å². The van der Waals surface area contributed by atoms with Gasteiger partial charge in [0.25, 0.3) is 5.91 Å². The number of aromatic nitrogens is 3. The zero-order chi connectivity index (χ0) is 15.7. The van der Waals surface area contributed by atoms with Crippen LogP contribution in [0.15, 0.2) is 23.9 Å². The molecule has 1 aliphatic rings. The standard InChI is InChI=1S/C17H22N4O/c1-11(13-7-5-4-6-8-13)19-17(22)14-9-10-18-16-15(14)20-12(2)21(16)3/h7,9-11H,4-6,8H2,1-3H3,(H,19,22). The third-order valence-corrected chi connectivity index (χ3v) is 4.46. The quantitative estimate of drug-likeness (QED) is 0.886. The summed E-state index contributed by atoms with van der Waals surface area (Å²) in [6, 6.07) is 1.81. The zero-order valence-corrected chi connectivity index (χ0v) is 13.4. The highest BCUT2D eigenvalue weighted by Gasteiger charge is 2.19. The fourth-order valence-corrected chi connectivity index (χ4v) is 3.00. The van der Waals surface area contributed by atoms with Gasteiger partial charge in [0.05, 0.1) is 5.56 Å². The van der Waals surface area contributed by atoms with Gasteiger partial charge in [-0.3, -0.25) is 4.79 Å². The lowest BCUT2D eigenvalue weighted by atomic mass is 9.94. The maximum atomic E-state index is 12.6. The molecule has 0 radical (unpaired) electrons. The summed E-state index contributed by atoms with van der Waals surface area (Å²) < 4.78 is 1.90. The van der Waals surface area contributed by atoms with E-state index in [1.165, 1.54) is 18.4 Å². The molecule has 0 saturated carbocycles. The summed E-state index contributed by atoms with van der Waals surface area (Å²) in [5.41, 5.74) is 3.35. The lowest BCUT2D eigenvalue weighted by Gasteiger charge is -2.20. The van der Waals surface area contributed by atoms with E-state index in [1.54, 1.807) is 12.3 Å². The number of aryl methyl sites for hydroxylation is 2. The number of amides is 1. The zero-order valence-electron chi connectivity index (χ0n) is 13.4. The van der Waals surface area contributed by atoms with Crippen molar-refractivity contribution in [1.82, 2.24) is 19.9 Å². The van der Waals surface area contributed by atoms with Crippen LogP contribution in [0.25, 0.3) is 11.2 Å². The van der Waals surface area contributed by atoms with E-state index in [9.17, 15) is 4.79 Å². The van der Waals surface area contributed by atoms with Gasteiger partial charge in [0.15, 0.2) is 5.65 Å². The molecule has 1 unspecified atom stereocenters. The van der Waals surface area contributed by atoms with Gasteiger partial charge in [0, 0.05) is 19.3 Å². The smallest absolute Gasteiger partial charge is 0.254 e. The molecular weight excluding hydrogens is 276 g/mol. The summed E-state index contributed by atoms with van der Waals surface area (Å²) in [7, 11) is 1.91. The number of nitrogens with one attached hydrogen (secondary N) is 1. The van der Waals surface area contributed by atoms with Gasteiger partial charge in [-0.25, -0.2) is 9.97 Å². The van der Waals surface area contributed by atoms with Crippen molar-refractivity contribution in [3.8, 4) is 0 Å². The molecule has 22 heavy (non-hydrogen) atoms. The number of rotatable bonds is 3. The molecule has 1 aliphatic carbocycles. The number of hydrogen-bond donors (Lipinski definition) is 1. The van der Waals surface area contributed by atoms with E-state index < -0.39 is 0 Å². The van der Waals surface area contributed by atoms with Crippen LogP contribution in [0.5, 0.6) is 0 Å². The highest BCUT2D eigenvalue weighted by atomic mass is 16.1. The first-order chi connectivity index (χ1) is 10.6. The molecule has 0 saturated heterocycles. The highest BCUT2D eigenvalue weighted by molar-refractivity contribution is 6.04. The van der Waals surface area contributed by atoms with Gasteiger partial charge < -0.3 is 9.88 Å². The molecule has 5 heteroatoms. The van der Waals surface area contributed by atoms with Gasteiger partial charge in [-0.1, -0.05) is 11.6 Å². The molecule has 2 heterocycles. The van der Waals surface area contributed by atoms with Crippen molar-refractivity contribution in [2.24, 2.45) is 7.05 Å². The predicted molar refractivity (Wildman–Crippen MR) is 86.7 cm³/mol. The van der Waals surface area contributed by atoms with Crippen LogP contribution in [0.4, 0.5) is 0 Å². The number of hydrogen-bond acceptors (Lipinski definition) is 3. The van der Waals surface area contributed by atoms with Crippen molar-refractivity contribution in [3.05, 3.63) is 35.3 Å². The van der Waals surface area contributed by atoms with Crippen molar-refractivity contribution < 1.29 is 4.79 Å². The van der Waals surface area contributed by atoms with Crippen LogP contribution in [0.2, 0.25) is 0 Å². The maximum Gasteiger partial charge on any atom is 0.254 e. The Hall–Kier alpha value is -2.17. The molecule has 116 valence electrons. The molecule has 0 aliphatic heterocycles. The summed E-state index contributed by atoms with van der Waals surface area (Å²) in [4.78, 5) is 21.4. The summed E-state index contributed by atoms with van der Waals surface area (Å²) in [6.45, 7) is 3.97. The molecule has 1 N–H and O–H groups in total. The SMILES string of the molecule is Cc1nc2c(C(=O)NC(C)C3=CCCCC3)ccnc2n1C. The predicted octanol–water partition coefficient (Wildman–Crippen LogP) is 2.90. The number of fused-ring (bicyclic) bond motifs is 1. The molecule has 5 nitrogen and oxygen atoms in total. The topological polar surface area (TPSA) is 59.8 Å². The number of imidazole rings is 1. The van der Waals surface area contributed by atoms with Crippen LogP contribution in [0, 0.1) is 6.92 Å². The molecular formula is C17H22N4O. The Labute approximate surface area is 130 Å². The van der Waals surface area contributed by atoms with Gasteiger partial charge in [-0.15, -0.1) is 0 Å². The largest absolute Gasteiger partial charge is 0.346 e. The fourth-order valence-electron chi connectivity index (χ4n) is 3.00. The molecule has 1 atom stereocenters. The van der Waals surface area contributed by atoms with Crippen LogP contribution in [0.3, 0.4) is 0 Å². The first-order valence-corrected chi connectivity index (χ1v) is 7.85. The minimum atomic E-state index is -0.0792. The van der Waals surface area contributed by atoms with E-state index in [1.807, 2.05) is 18.5 Å². The molecule has 2 aromatic heterocycles. The lowest BCUT2D eigenvalue weighted by Crippen LogP contribution is -2.34. The first kappa shape index (κ1) is 14.8. The van der Waals surface area contributed by atoms with Crippen molar-refractivity contribution in [1.29, 1.82) is 0 Å². The molecule has 0 fully saturated rings. The number of carbonyl (C=O) groups is 1. The van der Waals surface area contributed by atoms with Gasteiger partial charge in [0.1, 0.15) is 11.3 Å². The molecule has 0 aromatic carbocycles. The van der Waals surface area contributed by atoms with Crippen LogP contribution >= 0.6 is 0 Å². The summed E-state index contributed by atoms with van der Waals surface area (Å²) in [5.74, 6) is 0.773. The minimum absolute atomic E-state index is 0.0702. The van der Waals surface area contributed by atoms with Crippen molar-refractivity contribution in [2.45, 2.75) is 45.6 Å². The Morgan fingerprint density at radius 1 is 1.41 bits per heavy atom. The van der Waals surface area contributed by atoms with E-state index in [-0.39, 0.29) is 11.9 Å². The van der Waals surface area contributed by atoms with Crippen molar-refractivity contribution >= 4 is 17.1 Å². The Bertz CT molecular complexity index is 744. The number of allylic oxidation sites excluding steroid dienone is 1. The molecule has 0 spiro atoms. The van der Waals surface area contributed by atoms with Gasteiger partial charge in [0.2, 0.25) is 0 Å². The highest BCUT2D eigenvalue weighted by Crippen LogP contribution is 2.21. The molecule has 1 amide bonds. The monoisotopic (exact) mass is 298 g/mol. The van der Waals surface area contributed by atoms with E-state index in [0.29, 0.717) is 11.1 Å². The third-order valence-electron chi connectivity index (χ3n) is 4.46. The normalized spacial score (nSPS) is 16.4. The van der Waals surface area contributed by atoms with Crippen LogP contribution in [0.1, 0.15) is 48.8 Å². The van der Waals surface area contributed by atoms with Crippen molar-refractivity contribution in [2.75, 3.05) is 0 Å². The first-order valence-electron chi connectivity index (χ1n) is 7.85. The number of nitrogens with zero attached hydrogens (tertiary/aromatic N) is 3. The van der Waals surface area contributed by atoms with Crippen LogP contribution in [-0.4, -0.2) is 26.5 Å². The Morgan fingerprint density at radius 2 is 2.23 bits per heavy atom. The second-order valence-corrected chi connectivity index (χ2v) is 5.97. The lowest BCUT2D eigenvalue weighted by molar-refractivity contribution is 0.0946. The average Bonchev–Trinajstić information content (AvgIpc) is 2.83. The van der Waals surface area contributed by atoms with E-state index in [4.69, 9.17) is 0 Å². The van der Waals surface area contributed by atoms with Crippen molar-refractivity contribution in [3.63, 3.8) is 0 Å². The number of pyridine rings is 1. The van der Waals surface area contributed by atoms with Gasteiger partial charge in [-0.2, -0.15) is 0 Å². The Balaban J connectivity index is 1.86. The Kier molecular flexibility index (Phi) is 3.96.